The zero-order chi connectivity index (χ0) is 22.2. The second-order valence-corrected chi connectivity index (χ2v) is 9.34. The van der Waals surface area contributed by atoms with Crippen LogP contribution in [0.25, 0.3) is 10.8 Å². The Morgan fingerprint density at radius 3 is 2.72 bits per heavy atom. The molecule has 0 radical (unpaired) electrons. The van der Waals surface area contributed by atoms with Crippen LogP contribution in [0.1, 0.15) is 0 Å². The summed E-state index contributed by atoms with van der Waals surface area (Å²) in [4.78, 5) is 23.9. The Kier molecular flexibility index (Phi) is 5.45. The maximum Gasteiger partial charge on any atom is 0.269 e. The number of carbonyl (C=O) groups is 1. The number of hydrogen-bond donors (Lipinski definition) is 0. The van der Waals surface area contributed by atoms with Crippen molar-refractivity contribution in [3.8, 4) is 5.75 Å². The van der Waals surface area contributed by atoms with Gasteiger partial charge in [-0.15, -0.1) is 6.58 Å². The molecular weight excluding hydrogens is 438 g/mol. The molecule has 0 spiro atoms. The normalized spacial score (nSPS) is 19.2. The molecule has 0 saturated carbocycles. The van der Waals surface area contributed by atoms with Crippen molar-refractivity contribution in [2.24, 2.45) is 4.99 Å². The zero-order valence-corrected chi connectivity index (χ0v) is 19.4. The van der Waals surface area contributed by atoms with E-state index < -0.39 is 0 Å². The third kappa shape index (κ3) is 3.47. The van der Waals surface area contributed by atoms with Crippen molar-refractivity contribution >= 4 is 56.7 Å². The van der Waals surface area contributed by atoms with E-state index in [1.165, 1.54) is 11.8 Å². The molecule has 5 nitrogen and oxygen atoms in total. The molecule has 0 aromatic heterocycles. The number of carbonyl (C=O) groups excluding carboxylic acids is 1. The third-order valence-corrected chi connectivity index (χ3v) is 7.82. The molecule has 0 N–H and O–H groups in total. The molecule has 0 unspecified atom stereocenters. The van der Waals surface area contributed by atoms with Gasteiger partial charge in [-0.05, 0) is 35.3 Å². The Labute approximate surface area is 195 Å². The Morgan fingerprint density at radius 2 is 1.91 bits per heavy atom. The first-order chi connectivity index (χ1) is 15.6. The molecular formula is C25H21N3O2S2. The summed E-state index contributed by atoms with van der Waals surface area (Å²) in [6, 6.07) is 20.1. The lowest BCUT2D eigenvalue weighted by atomic mass is 10.1. The van der Waals surface area contributed by atoms with Crippen LogP contribution in [0.15, 0.2) is 93.1 Å². The van der Waals surface area contributed by atoms with Gasteiger partial charge in [0.25, 0.3) is 5.91 Å². The van der Waals surface area contributed by atoms with Crippen molar-refractivity contribution < 1.29 is 9.53 Å². The van der Waals surface area contributed by atoms with Crippen LogP contribution in [0.2, 0.25) is 0 Å². The predicted molar refractivity (Wildman–Crippen MR) is 135 cm³/mol. The summed E-state index contributed by atoms with van der Waals surface area (Å²) in [5.74, 6) is 0.738. The first-order valence-electron chi connectivity index (χ1n) is 10.1. The van der Waals surface area contributed by atoms with Crippen LogP contribution in [0.5, 0.6) is 5.75 Å². The number of anilines is 1. The van der Waals surface area contributed by atoms with Crippen molar-refractivity contribution in [1.82, 2.24) is 4.90 Å². The van der Waals surface area contributed by atoms with Crippen LogP contribution in [-0.2, 0) is 4.79 Å². The molecule has 0 aliphatic carbocycles. The molecule has 0 bridgehead atoms. The summed E-state index contributed by atoms with van der Waals surface area (Å²) < 4.78 is 5.37. The molecule has 5 rings (SSSR count). The fraction of sp³-hybridized carbons (Fsp3) is 0.120. The van der Waals surface area contributed by atoms with Crippen LogP contribution in [0.3, 0.4) is 0 Å². The van der Waals surface area contributed by atoms with E-state index in [1.807, 2.05) is 49.5 Å². The second-order valence-electron chi connectivity index (χ2n) is 7.33. The van der Waals surface area contributed by atoms with E-state index >= 15 is 0 Å². The van der Waals surface area contributed by atoms with Crippen molar-refractivity contribution in [2.75, 3.05) is 25.6 Å². The topological polar surface area (TPSA) is 45.1 Å². The largest absolute Gasteiger partial charge is 0.497 e. The number of rotatable bonds is 4. The lowest BCUT2D eigenvalue weighted by Gasteiger charge is -2.16. The number of hydrogen-bond acceptors (Lipinski definition) is 6. The smallest absolute Gasteiger partial charge is 0.269 e. The number of fused-ring (bicyclic) bond motifs is 2. The van der Waals surface area contributed by atoms with Gasteiger partial charge in [-0.3, -0.25) is 9.69 Å². The molecule has 1 saturated heterocycles. The fourth-order valence-corrected chi connectivity index (χ4v) is 6.10. The molecule has 160 valence electrons. The molecule has 7 heteroatoms. The quantitative estimate of drug-likeness (QED) is 0.353. The highest BCUT2D eigenvalue weighted by Crippen LogP contribution is 2.51. The average Bonchev–Trinajstić information content (AvgIpc) is 3.30. The van der Waals surface area contributed by atoms with E-state index in [2.05, 4.69) is 29.7 Å². The molecule has 2 aliphatic rings. The van der Waals surface area contributed by atoms with Gasteiger partial charge in [-0.1, -0.05) is 54.2 Å². The highest BCUT2D eigenvalue weighted by molar-refractivity contribution is 8.19. The number of methoxy groups -OCH3 is 1. The Balaban J connectivity index is 1.57. The summed E-state index contributed by atoms with van der Waals surface area (Å²) >= 11 is 3.01. The second kappa shape index (κ2) is 8.41. The first kappa shape index (κ1) is 20.7. The van der Waals surface area contributed by atoms with Crippen LogP contribution < -0.4 is 9.64 Å². The number of ether oxygens (including phenoxy) is 1. The SMILES string of the molecule is C=CCN1C(=O)/C(=C2/Sc3ccc(OC)cc3N2C)SC1=Nc1cccc2ccccc12. The summed E-state index contributed by atoms with van der Waals surface area (Å²) in [6.45, 7) is 4.24. The lowest BCUT2D eigenvalue weighted by molar-refractivity contribution is -0.121. The maximum absolute atomic E-state index is 13.4. The van der Waals surface area contributed by atoms with Gasteiger partial charge in [0.1, 0.15) is 10.7 Å². The minimum absolute atomic E-state index is 0.0528. The summed E-state index contributed by atoms with van der Waals surface area (Å²) in [5, 5.41) is 3.74. The molecule has 3 aromatic rings. The van der Waals surface area contributed by atoms with E-state index in [0.29, 0.717) is 16.6 Å². The Morgan fingerprint density at radius 1 is 1.09 bits per heavy atom. The number of nitrogens with zero attached hydrogens (tertiary/aromatic N) is 3. The molecule has 32 heavy (non-hydrogen) atoms. The van der Waals surface area contributed by atoms with E-state index in [4.69, 9.17) is 9.73 Å². The van der Waals surface area contributed by atoms with Gasteiger partial charge >= 0.3 is 0 Å². The van der Waals surface area contributed by atoms with Gasteiger partial charge in [0.15, 0.2) is 5.17 Å². The van der Waals surface area contributed by atoms with Crippen LogP contribution in [0, 0.1) is 0 Å². The van der Waals surface area contributed by atoms with Gasteiger partial charge in [0.2, 0.25) is 0 Å². The average molecular weight is 460 g/mol. The molecule has 2 aliphatic heterocycles. The summed E-state index contributed by atoms with van der Waals surface area (Å²) in [5.41, 5.74) is 1.87. The van der Waals surface area contributed by atoms with Gasteiger partial charge in [0.05, 0.1) is 23.5 Å². The van der Waals surface area contributed by atoms with Crippen molar-refractivity contribution in [3.63, 3.8) is 0 Å². The molecule has 2 heterocycles. The van der Waals surface area contributed by atoms with E-state index in [9.17, 15) is 4.79 Å². The van der Waals surface area contributed by atoms with Crippen molar-refractivity contribution in [3.05, 3.63) is 83.3 Å². The van der Waals surface area contributed by atoms with Gasteiger partial charge < -0.3 is 9.64 Å². The molecule has 1 amide bonds. The molecule has 0 atom stereocenters. The van der Waals surface area contributed by atoms with Gasteiger partial charge in [-0.2, -0.15) is 0 Å². The highest BCUT2D eigenvalue weighted by Gasteiger charge is 2.38. The number of benzene rings is 3. The van der Waals surface area contributed by atoms with Crippen LogP contribution in [-0.4, -0.2) is 36.7 Å². The van der Waals surface area contributed by atoms with Gasteiger partial charge in [0, 0.05) is 29.9 Å². The van der Waals surface area contributed by atoms with Crippen LogP contribution >= 0.6 is 23.5 Å². The first-order valence-corrected chi connectivity index (χ1v) is 11.7. The third-order valence-electron chi connectivity index (χ3n) is 5.39. The number of amidine groups is 1. The zero-order valence-electron chi connectivity index (χ0n) is 17.7. The van der Waals surface area contributed by atoms with E-state index in [1.54, 1.807) is 29.8 Å². The highest BCUT2D eigenvalue weighted by atomic mass is 32.2. The van der Waals surface area contributed by atoms with Crippen LogP contribution in [0.4, 0.5) is 11.4 Å². The van der Waals surface area contributed by atoms with Gasteiger partial charge in [-0.25, -0.2) is 4.99 Å². The minimum atomic E-state index is -0.0528. The Bertz CT molecular complexity index is 1310. The fourth-order valence-electron chi connectivity index (χ4n) is 3.77. The Hall–Kier alpha value is -3.16. The summed E-state index contributed by atoms with van der Waals surface area (Å²) in [6.07, 6.45) is 1.73. The lowest BCUT2D eigenvalue weighted by Crippen LogP contribution is -2.29. The minimum Gasteiger partial charge on any atom is -0.497 e. The van der Waals surface area contributed by atoms with E-state index in [0.717, 1.165) is 37.8 Å². The monoisotopic (exact) mass is 459 g/mol. The van der Waals surface area contributed by atoms with Crippen molar-refractivity contribution in [1.29, 1.82) is 0 Å². The number of thioether (sulfide) groups is 2. The summed E-state index contributed by atoms with van der Waals surface area (Å²) in [7, 11) is 3.63. The standard InChI is InChI=1S/C25H21N3O2S2/c1-4-14-28-23(29)22(24-27(2)20-15-17(30-3)12-13-21(20)31-24)32-25(28)26-19-11-7-9-16-8-5-6-10-18(16)19/h4-13,15H,1,14H2,2-3H3/b24-22-,26-25?. The number of aliphatic imine (C=N–C) groups is 1. The maximum atomic E-state index is 13.4. The molecule has 3 aromatic carbocycles. The van der Waals surface area contributed by atoms with Crippen molar-refractivity contribution in [2.45, 2.75) is 4.90 Å². The number of amides is 1. The predicted octanol–water partition coefficient (Wildman–Crippen LogP) is 6.01. The van der Waals surface area contributed by atoms with E-state index in [-0.39, 0.29) is 5.91 Å². The molecule has 1 fully saturated rings.